The van der Waals surface area contributed by atoms with Crippen molar-refractivity contribution in [2.75, 3.05) is 4.90 Å². The first-order valence-corrected chi connectivity index (χ1v) is 20.3. The highest BCUT2D eigenvalue weighted by Gasteiger charge is 2.19. The zero-order valence-electron chi connectivity index (χ0n) is 32.5. The maximum atomic E-state index is 2.40. The molecule has 0 fully saturated rings. The van der Waals surface area contributed by atoms with Crippen LogP contribution in [0.5, 0.6) is 0 Å². The second kappa shape index (κ2) is 14.6. The van der Waals surface area contributed by atoms with E-state index in [-0.39, 0.29) is 0 Å². The number of rotatable bonds is 7. The summed E-state index contributed by atoms with van der Waals surface area (Å²) in [6.07, 6.45) is 0. The van der Waals surface area contributed by atoms with Crippen molar-refractivity contribution in [3.8, 4) is 44.5 Å². The zero-order valence-corrected chi connectivity index (χ0v) is 32.5. The molecule has 0 amide bonds. The molecule has 0 aliphatic rings. The lowest BCUT2D eigenvalue weighted by Gasteiger charge is -2.26. The molecule has 59 heavy (non-hydrogen) atoms. The van der Waals surface area contributed by atoms with Crippen LogP contribution in [-0.4, -0.2) is 0 Å². The molecule has 11 aromatic rings. The Morgan fingerprint density at radius 2 is 0.610 bits per heavy atom. The van der Waals surface area contributed by atoms with Crippen molar-refractivity contribution in [1.29, 1.82) is 0 Å². The molecule has 0 aliphatic carbocycles. The Hall–Kier alpha value is -7.74. The van der Waals surface area contributed by atoms with Crippen molar-refractivity contribution in [2.24, 2.45) is 0 Å². The van der Waals surface area contributed by atoms with Gasteiger partial charge in [-0.2, -0.15) is 0 Å². The van der Waals surface area contributed by atoms with Gasteiger partial charge in [-0.15, -0.1) is 0 Å². The topological polar surface area (TPSA) is 3.24 Å². The summed E-state index contributed by atoms with van der Waals surface area (Å²) in [5, 5.41) is 9.99. The highest BCUT2D eigenvalue weighted by Crippen LogP contribution is 2.46. The summed E-state index contributed by atoms with van der Waals surface area (Å²) in [6, 6.07) is 86.2. The lowest BCUT2D eigenvalue weighted by Crippen LogP contribution is -2.09. The Labute approximate surface area is 344 Å². The Kier molecular flexibility index (Phi) is 8.56. The summed E-state index contributed by atoms with van der Waals surface area (Å²) >= 11 is 0. The predicted molar refractivity (Wildman–Crippen MR) is 253 cm³/mol. The molecule has 0 atom stereocenters. The first-order chi connectivity index (χ1) is 29.2. The third-order valence-corrected chi connectivity index (χ3v) is 11.8. The summed E-state index contributed by atoms with van der Waals surface area (Å²) in [6.45, 7) is 0. The Balaban J connectivity index is 1.03. The first-order valence-electron chi connectivity index (χ1n) is 20.3. The molecule has 0 bridgehead atoms. The van der Waals surface area contributed by atoms with Crippen LogP contribution < -0.4 is 4.90 Å². The van der Waals surface area contributed by atoms with Crippen molar-refractivity contribution in [3.63, 3.8) is 0 Å². The van der Waals surface area contributed by atoms with Crippen LogP contribution in [0.3, 0.4) is 0 Å². The summed E-state index contributed by atoms with van der Waals surface area (Å²) in [5.41, 5.74) is 13.1. The van der Waals surface area contributed by atoms with Gasteiger partial charge < -0.3 is 4.90 Å². The molecule has 0 unspecified atom stereocenters. The lowest BCUT2D eigenvalue weighted by molar-refractivity contribution is 1.29. The minimum Gasteiger partial charge on any atom is -0.310 e. The molecule has 0 spiro atoms. The molecule has 0 radical (unpaired) electrons. The van der Waals surface area contributed by atoms with Gasteiger partial charge in [0.1, 0.15) is 0 Å². The third-order valence-electron chi connectivity index (χ3n) is 11.8. The van der Waals surface area contributed by atoms with E-state index in [1.54, 1.807) is 0 Å². The van der Waals surface area contributed by atoms with Crippen LogP contribution in [0.4, 0.5) is 17.1 Å². The highest BCUT2D eigenvalue weighted by molar-refractivity contribution is 6.22. The minimum absolute atomic E-state index is 1.10. The molecule has 0 saturated heterocycles. The SMILES string of the molecule is c1ccc(-c2c(-c3ccccc3)c3cc(-c4ccc(N(c5ccc(-c6ccc7ccccc7c6)cc5)c5ccc6ccccc6c5)cc4)ccc3c3ccccc23)cc1. The number of hydrogen-bond acceptors (Lipinski definition) is 1. The molecule has 0 heterocycles. The monoisotopic (exact) mass is 749 g/mol. The molecular weight excluding hydrogens is 711 g/mol. The summed E-state index contributed by atoms with van der Waals surface area (Å²) in [5.74, 6) is 0. The number of hydrogen-bond donors (Lipinski definition) is 0. The zero-order chi connectivity index (χ0) is 39.1. The lowest BCUT2D eigenvalue weighted by atomic mass is 9.84. The predicted octanol–water partition coefficient (Wildman–Crippen LogP) is 16.4. The number of fused-ring (bicyclic) bond motifs is 5. The number of nitrogens with zero attached hydrogens (tertiary/aromatic N) is 1. The van der Waals surface area contributed by atoms with E-state index in [1.807, 2.05) is 0 Å². The number of anilines is 3. The average molecular weight is 750 g/mol. The third kappa shape index (κ3) is 6.30. The molecule has 1 heteroatoms. The molecular formula is C58H39N. The Morgan fingerprint density at radius 3 is 1.22 bits per heavy atom. The highest BCUT2D eigenvalue weighted by atomic mass is 15.1. The summed E-state index contributed by atoms with van der Waals surface area (Å²) < 4.78 is 0. The van der Waals surface area contributed by atoms with Gasteiger partial charge in [-0.05, 0) is 136 Å². The van der Waals surface area contributed by atoms with Crippen molar-refractivity contribution < 1.29 is 0 Å². The van der Waals surface area contributed by atoms with Gasteiger partial charge in [-0.25, -0.2) is 0 Å². The standard InChI is InChI=1S/C58H39N/c1-3-15-44(16-4-1)57-55-22-12-11-21-53(55)54-36-30-49(39-56(54)58(57)45-17-5-2-6-18-45)43-27-33-51(34-28-43)59(52-35-29-41-14-8-10-20-47(41)38-52)50-31-25-42(26-32-50)48-24-23-40-13-7-9-19-46(40)37-48/h1-39H. The molecule has 1 nitrogen and oxygen atoms in total. The fourth-order valence-electron chi connectivity index (χ4n) is 8.92. The Bertz CT molecular complexity index is 3290. The van der Waals surface area contributed by atoms with Crippen molar-refractivity contribution in [1.82, 2.24) is 0 Å². The minimum atomic E-state index is 1.10. The maximum Gasteiger partial charge on any atom is 0.0468 e. The van der Waals surface area contributed by atoms with Gasteiger partial charge in [0.15, 0.2) is 0 Å². The molecule has 0 aromatic heterocycles. The van der Waals surface area contributed by atoms with E-state index < -0.39 is 0 Å². The molecule has 0 saturated carbocycles. The van der Waals surface area contributed by atoms with Gasteiger partial charge in [0.25, 0.3) is 0 Å². The first kappa shape index (κ1) is 34.5. The van der Waals surface area contributed by atoms with E-state index in [9.17, 15) is 0 Å². The second-order valence-corrected chi connectivity index (χ2v) is 15.3. The van der Waals surface area contributed by atoms with Crippen LogP contribution in [0.15, 0.2) is 237 Å². The van der Waals surface area contributed by atoms with E-state index in [1.165, 1.54) is 87.6 Å². The molecule has 276 valence electrons. The van der Waals surface area contributed by atoms with Gasteiger partial charge in [-0.1, -0.05) is 188 Å². The van der Waals surface area contributed by atoms with E-state index in [2.05, 4.69) is 241 Å². The largest absolute Gasteiger partial charge is 0.310 e. The van der Waals surface area contributed by atoms with E-state index in [4.69, 9.17) is 0 Å². The van der Waals surface area contributed by atoms with Gasteiger partial charge in [0, 0.05) is 17.1 Å². The molecule has 11 rings (SSSR count). The number of benzene rings is 11. The van der Waals surface area contributed by atoms with Crippen molar-refractivity contribution in [3.05, 3.63) is 237 Å². The molecule has 11 aromatic carbocycles. The summed E-state index contributed by atoms with van der Waals surface area (Å²) in [4.78, 5) is 2.37. The average Bonchev–Trinajstić information content (AvgIpc) is 3.32. The van der Waals surface area contributed by atoms with Crippen molar-refractivity contribution in [2.45, 2.75) is 0 Å². The normalized spacial score (nSPS) is 11.4. The Morgan fingerprint density at radius 1 is 0.203 bits per heavy atom. The van der Waals surface area contributed by atoms with E-state index in [0.717, 1.165) is 17.1 Å². The van der Waals surface area contributed by atoms with Crippen molar-refractivity contribution >= 4 is 60.2 Å². The van der Waals surface area contributed by atoms with E-state index in [0.29, 0.717) is 0 Å². The van der Waals surface area contributed by atoms with Crippen LogP contribution in [0, 0.1) is 0 Å². The van der Waals surface area contributed by atoms with Gasteiger partial charge in [0.2, 0.25) is 0 Å². The van der Waals surface area contributed by atoms with Crippen LogP contribution in [0.25, 0.3) is 87.6 Å². The van der Waals surface area contributed by atoms with Crippen LogP contribution in [-0.2, 0) is 0 Å². The fraction of sp³-hybridized carbons (Fsp3) is 0. The van der Waals surface area contributed by atoms with Crippen LogP contribution in [0.1, 0.15) is 0 Å². The maximum absolute atomic E-state index is 2.40. The fourth-order valence-corrected chi connectivity index (χ4v) is 8.92. The van der Waals surface area contributed by atoms with Crippen LogP contribution in [0.2, 0.25) is 0 Å². The van der Waals surface area contributed by atoms with Crippen LogP contribution >= 0.6 is 0 Å². The van der Waals surface area contributed by atoms with Gasteiger partial charge >= 0.3 is 0 Å². The quantitative estimate of drug-likeness (QED) is 0.147. The second-order valence-electron chi connectivity index (χ2n) is 15.3. The van der Waals surface area contributed by atoms with Gasteiger partial charge in [0.05, 0.1) is 0 Å². The summed E-state index contributed by atoms with van der Waals surface area (Å²) in [7, 11) is 0. The van der Waals surface area contributed by atoms with E-state index >= 15 is 0 Å². The smallest absolute Gasteiger partial charge is 0.0468 e. The molecule has 0 N–H and O–H groups in total. The molecule has 0 aliphatic heterocycles. The van der Waals surface area contributed by atoms with Gasteiger partial charge in [-0.3, -0.25) is 0 Å².